The Kier molecular flexibility index (Phi) is 10.3. The number of halogens is 1. The molecule has 4 aliphatic heterocycles. The smallest absolute Gasteiger partial charge is 0.410 e. The van der Waals surface area contributed by atoms with Crippen LogP contribution in [0.5, 0.6) is 0 Å². The normalized spacial score (nSPS) is 21.1. The zero-order chi connectivity index (χ0) is 31.3. The van der Waals surface area contributed by atoms with E-state index in [-0.39, 0.29) is 18.0 Å². The van der Waals surface area contributed by atoms with Gasteiger partial charge in [-0.1, -0.05) is 46.3 Å². The van der Waals surface area contributed by atoms with E-state index in [2.05, 4.69) is 37.5 Å². The van der Waals surface area contributed by atoms with Gasteiger partial charge in [-0.15, -0.1) is 0 Å². The van der Waals surface area contributed by atoms with Crippen molar-refractivity contribution in [3.8, 4) is 0 Å². The Morgan fingerprint density at radius 1 is 0.911 bits per heavy atom. The Bertz CT molecular complexity index is 1370. The highest BCUT2D eigenvalue weighted by Gasteiger charge is 2.36. The fourth-order valence-corrected chi connectivity index (χ4v) is 7.56. The van der Waals surface area contributed by atoms with Crippen LogP contribution in [0.1, 0.15) is 42.4 Å². The molecule has 11 heteroatoms. The minimum atomic E-state index is -0.898. The largest absolute Gasteiger partial charge is 0.436 e. The van der Waals surface area contributed by atoms with Crippen molar-refractivity contribution >= 4 is 39.6 Å². The molecule has 2 N–H and O–H groups in total. The Morgan fingerprint density at radius 3 is 2.38 bits per heavy atom. The number of nitrogens with one attached hydrogen (secondary N) is 2. The van der Waals surface area contributed by atoms with E-state index in [9.17, 15) is 14.4 Å². The van der Waals surface area contributed by atoms with Crippen LogP contribution in [0.4, 0.5) is 15.3 Å². The molecule has 0 spiro atoms. The van der Waals surface area contributed by atoms with Gasteiger partial charge in [0.15, 0.2) is 6.10 Å². The zero-order valence-corrected chi connectivity index (χ0v) is 27.8. The van der Waals surface area contributed by atoms with Crippen molar-refractivity contribution in [1.29, 1.82) is 0 Å². The number of piperazine rings is 1. The van der Waals surface area contributed by atoms with Crippen molar-refractivity contribution in [3.05, 3.63) is 63.6 Å². The van der Waals surface area contributed by atoms with E-state index in [0.29, 0.717) is 58.0 Å². The number of benzene rings is 2. The number of carbonyl (C=O) groups excluding carboxylic acids is 3. The van der Waals surface area contributed by atoms with Crippen LogP contribution in [0.25, 0.3) is 0 Å². The van der Waals surface area contributed by atoms with Crippen molar-refractivity contribution in [2.24, 2.45) is 0 Å². The second-order valence-electron chi connectivity index (χ2n) is 12.8. The number of urea groups is 1. The first-order valence-corrected chi connectivity index (χ1v) is 17.2. The van der Waals surface area contributed by atoms with Gasteiger partial charge in [0.1, 0.15) is 0 Å². The van der Waals surface area contributed by atoms with E-state index >= 15 is 0 Å². The van der Waals surface area contributed by atoms with Gasteiger partial charge in [-0.3, -0.25) is 9.69 Å². The Balaban J connectivity index is 1.07. The summed E-state index contributed by atoms with van der Waals surface area (Å²) < 4.78 is 7.02. The summed E-state index contributed by atoms with van der Waals surface area (Å²) in [5, 5.41) is 6.49. The molecule has 4 aliphatic rings. The van der Waals surface area contributed by atoms with Crippen LogP contribution in [-0.4, -0.2) is 115 Å². The number of para-hydroxylation sites is 1. The summed E-state index contributed by atoms with van der Waals surface area (Å²) >= 11 is 3.61. The van der Waals surface area contributed by atoms with Crippen molar-refractivity contribution < 1.29 is 19.1 Å². The molecular weight excluding hydrogens is 636 g/mol. The maximum atomic E-state index is 13.9. The van der Waals surface area contributed by atoms with E-state index in [0.717, 1.165) is 72.3 Å². The molecular formula is C34H45BrN6O4. The molecule has 6 rings (SSSR count). The van der Waals surface area contributed by atoms with Crippen LogP contribution >= 0.6 is 15.9 Å². The molecule has 4 heterocycles. The van der Waals surface area contributed by atoms with E-state index in [1.807, 2.05) is 53.1 Å². The molecule has 10 nitrogen and oxygen atoms in total. The highest BCUT2D eigenvalue weighted by Crippen LogP contribution is 2.26. The SMILES string of the molecule is Cc1ccc(C[C@@H](OC(=O)N2CCC(N3CCc4ccccc4NC3=O)CC2)C(=O)N2CCN(C3CCNCC3)CC2)cc1Br. The molecule has 2 aromatic rings. The third-order valence-electron chi connectivity index (χ3n) is 9.93. The van der Waals surface area contributed by atoms with Gasteiger partial charge < -0.3 is 30.1 Å². The van der Waals surface area contributed by atoms with Crippen molar-refractivity contribution in [3.63, 3.8) is 0 Å². The highest BCUT2D eigenvalue weighted by atomic mass is 79.9. The summed E-state index contributed by atoms with van der Waals surface area (Å²) in [4.78, 5) is 48.5. The van der Waals surface area contributed by atoms with Gasteiger partial charge in [0.2, 0.25) is 0 Å². The third-order valence-corrected chi connectivity index (χ3v) is 10.8. The van der Waals surface area contributed by atoms with Crippen LogP contribution in [0.2, 0.25) is 0 Å². The summed E-state index contributed by atoms with van der Waals surface area (Å²) in [5.74, 6) is -0.124. The molecule has 45 heavy (non-hydrogen) atoms. The molecule has 4 amide bonds. The molecule has 0 unspecified atom stereocenters. The molecule has 3 saturated heterocycles. The third kappa shape index (κ3) is 7.64. The van der Waals surface area contributed by atoms with E-state index in [1.54, 1.807) is 4.90 Å². The van der Waals surface area contributed by atoms with Crippen molar-refractivity contribution in [1.82, 2.24) is 24.9 Å². The van der Waals surface area contributed by atoms with Crippen LogP contribution < -0.4 is 10.6 Å². The number of aryl methyl sites for hydroxylation is 1. The average molecular weight is 682 g/mol. The Morgan fingerprint density at radius 2 is 1.64 bits per heavy atom. The second-order valence-corrected chi connectivity index (χ2v) is 13.6. The number of likely N-dealkylation sites (tertiary alicyclic amines) is 1. The maximum absolute atomic E-state index is 13.9. The molecule has 0 saturated carbocycles. The van der Waals surface area contributed by atoms with Crippen molar-refractivity contribution in [2.75, 3.05) is 64.2 Å². The van der Waals surface area contributed by atoms with Crippen LogP contribution in [0.3, 0.4) is 0 Å². The lowest BCUT2D eigenvalue weighted by Gasteiger charge is -2.41. The number of ether oxygens (including phenoxy) is 1. The van der Waals surface area contributed by atoms with Gasteiger partial charge in [-0.05, 0) is 80.9 Å². The van der Waals surface area contributed by atoms with Gasteiger partial charge in [0, 0.05) is 74.5 Å². The summed E-state index contributed by atoms with van der Waals surface area (Å²) in [5.41, 5.74) is 4.06. The second kappa shape index (κ2) is 14.5. The molecule has 0 bridgehead atoms. The number of piperidine rings is 2. The lowest BCUT2D eigenvalue weighted by molar-refractivity contribution is -0.143. The van der Waals surface area contributed by atoms with Crippen LogP contribution in [-0.2, 0) is 22.4 Å². The predicted octanol–water partition coefficient (Wildman–Crippen LogP) is 4.26. The first-order chi connectivity index (χ1) is 21.9. The van der Waals surface area contributed by atoms with Crippen LogP contribution in [0.15, 0.2) is 46.9 Å². The molecule has 0 aliphatic carbocycles. The fraction of sp³-hybridized carbons (Fsp3) is 0.559. The minimum absolute atomic E-state index is 0.0435. The minimum Gasteiger partial charge on any atom is -0.436 e. The van der Waals surface area contributed by atoms with Crippen molar-refractivity contribution in [2.45, 2.75) is 63.6 Å². The Labute approximate surface area is 274 Å². The van der Waals surface area contributed by atoms with Gasteiger partial charge in [-0.25, -0.2) is 9.59 Å². The molecule has 2 aromatic carbocycles. The van der Waals surface area contributed by atoms with Gasteiger partial charge >= 0.3 is 12.1 Å². The summed E-state index contributed by atoms with van der Waals surface area (Å²) in [7, 11) is 0. The lowest BCUT2D eigenvalue weighted by atomic mass is 10.0. The van der Waals surface area contributed by atoms with Gasteiger partial charge in [0.25, 0.3) is 5.91 Å². The number of rotatable bonds is 6. The number of anilines is 1. The number of nitrogens with zero attached hydrogens (tertiary/aromatic N) is 4. The maximum Gasteiger partial charge on any atom is 0.410 e. The molecule has 1 atom stereocenters. The van der Waals surface area contributed by atoms with Crippen LogP contribution in [0, 0.1) is 6.92 Å². The quantitative estimate of drug-likeness (QED) is 0.474. The number of hydrogen-bond donors (Lipinski definition) is 2. The molecule has 242 valence electrons. The van der Waals surface area contributed by atoms with Gasteiger partial charge in [-0.2, -0.15) is 0 Å². The van der Waals surface area contributed by atoms with E-state index in [1.165, 1.54) is 0 Å². The topological polar surface area (TPSA) is 97.5 Å². The molecule has 0 radical (unpaired) electrons. The summed E-state index contributed by atoms with van der Waals surface area (Å²) in [6.45, 7) is 8.68. The zero-order valence-electron chi connectivity index (χ0n) is 26.2. The molecule has 0 aromatic heterocycles. The highest BCUT2D eigenvalue weighted by molar-refractivity contribution is 9.10. The lowest BCUT2D eigenvalue weighted by Crippen LogP contribution is -2.56. The standard InChI is InChI=1S/C34H45BrN6O4/c1-24-6-7-25(22-29(24)35)23-31(32(42)39-20-18-38(19-21-39)27-8-13-36-14-9-27)45-34(44)40-15-11-28(12-16-40)41-17-10-26-4-2-3-5-30(26)37-33(41)43/h2-7,22,27-28,31,36H,8-21,23H2,1H3,(H,37,43)/t31-/m1/s1. The average Bonchev–Trinajstić information content (AvgIpc) is 3.24. The van der Waals surface area contributed by atoms with E-state index < -0.39 is 12.2 Å². The number of fused-ring (bicyclic) bond motifs is 1. The number of hydrogen-bond acceptors (Lipinski definition) is 6. The summed E-state index contributed by atoms with van der Waals surface area (Å²) in [6, 6.07) is 14.5. The first-order valence-electron chi connectivity index (χ1n) is 16.5. The predicted molar refractivity (Wildman–Crippen MR) is 177 cm³/mol. The number of carbonyl (C=O) groups is 3. The fourth-order valence-electron chi connectivity index (χ4n) is 7.13. The monoisotopic (exact) mass is 680 g/mol. The van der Waals surface area contributed by atoms with E-state index in [4.69, 9.17) is 4.74 Å². The summed E-state index contributed by atoms with van der Waals surface area (Å²) in [6.07, 6.45) is 3.38. The van der Waals surface area contributed by atoms with Gasteiger partial charge in [0.05, 0.1) is 0 Å². The first kappa shape index (κ1) is 31.8. The number of amides is 4. The Hall–Kier alpha value is -3.15. The molecule has 3 fully saturated rings.